The molecule has 1 aliphatic heterocycles. The number of ketones is 1. The molecule has 1 saturated heterocycles. The molecule has 2 N–H and O–H groups in total. The second kappa shape index (κ2) is 17.7. The lowest BCUT2D eigenvalue weighted by molar-refractivity contribution is -0.177. The van der Waals surface area contributed by atoms with Crippen LogP contribution in [0.15, 0.2) is 0 Å². The molecule has 1 fully saturated rings. The number of esters is 1. The van der Waals surface area contributed by atoms with Gasteiger partial charge in [-0.15, -0.1) is 0 Å². The van der Waals surface area contributed by atoms with Crippen LogP contribution in [0.5, 0.6) is 0 Å². The van der Waals surface area contributed by atoms with Gasteiger partial charge in [-0.25, -0.2) is 0 Å². The van der Waals surface area contributed by atoms with Gasteiger partial charge in [-0.2, -0.15) is 0 Å². The smallest absolute Gasteiger partial charge is 0.305 e. The Morgan fingerprint density at radius 2 is 1.43 bits per heavy atom. The molecule has 0 spiro atoms. The summed E-state index contributed by atoms with van der Waals surface area (Å²) >= 11 is 0. The van der Waals surface area contributed by atoms with Gasteiger partial charge in [0.2, 0.25) is 0 Å². The predicted octanol–water partition coefficient (Wildman–Crippen LogP) is 4.48. The number of unbranched alkanes of at least 4 members (excludes halogenated alkanes) is 14. The van der Waals surface area contributed by atoms with Crippen LogP contribution in [0.1, 0.15) is 111 Å². The molecule has 0 aromatic carbocycles. The first-order chi connectivity index (χ1) is 15.1. The number of rotatable bonds is 18. The summed E-state index contributed by atoms with van der Waals surface area (Å²) in [5.41, 5.74) is 0. The molecule has 1 aliphatic rings. The van der Waals surface area contributed by atoms with E-state index in [1.807, 2.05) is 0 Å². The van der Waals surface area contributed by atoms with E-state index in [1.165, 1.54) is 70.6 Å². The third kappa shape index (κ3) is 12.7. The van der Waals surface area contributed by atoms with Gasteiger partial charge in [0.15, 0.2) is 5.78 Å². The molecule has 176 valence electrons. The summed E-state index contributed by atoms with van der Waals surface area (Å²) in [6.07, 6.45) is 15.0. The highest BCUT2D eigenvalue weighted by Crippen LogP contribution is 2.15. The van der Waals surface area contributed by atoms with Gasteiger partial charge in [0.05, 0.1) is 0 Å². The Balaban J connectivity index is 1.83. The van der Waals surface area contributed by atoms with Crippen molar-refractivity contribution in [1.29, 1.82) is 0 Å². The summed E-state index contributed by atoms with van der Waals surface area (Å²) in [6, 6.07) is 0. The van der Waals surface area contributed by atoms with Crippen LogP contribution in [0.2, 0.25) is 0 Å². The summed E-state index contributed by atoms with van der Waals surface area (Å²) in [4.78, 5) is 23.0. The average Bonchev–Trinajstić information content (AvgIpc) is 2.76. The van der Waals surface area contributed by atoms with Gasteiger partial charge in [0, 0.05) is 7.79 Å². The molecule has 0 bridgehead atoms. The Labute approximate surface area is 184 Å². The van der Waals surface area contributed by atoms with Crippen LogP contribution in [0.25, 0.3) is 0 Å². The number of Topliss-reactive ketones (excluding diaryl/α,β-unsaturated/α-hetero) is 1. The monoisotopic (exact) mass is 429 g/mol. The van der Waals surface area contributed by atoms with E-state index in [2.05, 4.69) is 0 Å². The standard InChI is InChI=1S/C24H44O6/c1-2-3-4-5-6-7-8-9-10-11-12-13-14-15-16-17-22(26)30-19-21-24(28)23(27)20(25)18-29-21/h21,23-24,27-28H,2-19H2,1H3/t21-,23-,24-/m1/s1/i1D. The van der Waals surface area contributed by atoms with Gasteiger partial charge in [-0.1, -0.05) is 96.8 Å². The normalized spacial score (nSPS) is 22.1. The van der Waals surface area contributed by atoms with Gasteiger partial charge in [-0.05, 0) is 6.42 Å². The first kappa shape index (κ1) is 25.3. The van der Waals surface area contributed by atoms with E-state index in [4.69, 9.17) is 10.8 Å². The SMILES string of the molecule is [2H]CCCCCCCCCCCCCCCCCC(=O)OC[C@H]1OCC(=O)[C@@H](O)[C@@H]1O. The van der Waals surface area contributed by atoms with Crippen molar-refractivity contribution >= 4 is 11.8 Å². The second-order valence-corrected chi connectivity index (χ2v) is 8.49. The number of carbonyl (C=O) groups excluding carboxylic acids is 2. The number of aliphatic hydroxyl groups excluding tert-OH is 2. The minimum Gasteiger partial charge on any atom is -0.463 e. The van der Waals surface area contributed by atoms with Crippen molar-refractivity contribution in [3.05, 3.63) is 0 Å². The first-order valence-electron chi connectivity index (χ1n) is 12.7. The minimum absolute atomic E-state index is 0.143. The summed E-state index contributed by atoms with van der Waals surface area (Å²) in [5.74, 6) is -0.892. The molecular weight excluding hydrogens is 384 g/mol. The van der Waals surface area contributed by atoms with Crippen LogP contribution in [-0.4, -0.2) is 53.5 Å². The van der Waals surface area contributed by atoms with E-state index >= 15 is 0 Å². The molecule has 0 aliphatic carbocycles. The molecule has 0 radical (unpaired) electrons. The highest BCUT2D eigenvalue weighted by molar-refractivity contribution is 5.85. The largest absolute Gasteiger partial charge is 0.463 e. The first-order valence-corrected chi connectivity index (χ1v) is 12.0. The zero-order valence-electron chi connectivity index (χ0n) is 19.7. The lowest BCUT2D eigenvalue weighted by Crippen LogP contribution is -2.52. The number of hydrogen-bond acceptors (Lipinski definition) is 6. The van der Waals surface area contributed by atoms with Crippen molar-refractivity contribution in [2.45, 2.75) is 128 Å². The van der Waals surface area contributed by atoms with Crippen molar-refractivity contribution in [2.24, 2.45) is 0 Å². The summed E-state index contributed by atoms with van der Waals surface area (Å²) in [5, 5.41) is 19.3. The van der Waals surface area contributed by atoms with Crippen LogP contribution >= 0.6 is 0 Å². The molecule has 0 aromatic rings. The average molecular weight is 430 g/mol. The van der Waals surface area contributed by atoms with Gasteiger partial charge < -0.3 is 19.7 Å². The van der Waals surface area contributed by atoms with E-state index in [9.17, 15) is 19.8 Å². The van der Waals surface area contributed by atoms with E-state index < -0.39 is 24.1 Å². The van der Waals surface area contributed by atoms with Crippen LogP contribution in [0.3, 0.4) is 0 Å². The fraction of sp³-hybridized carbons (Fsp3) is 0.917. The quantitative estimate of drug-likeness (QED) is 0.246. The highest BCUT2D eigenvalue weighted by atomic mass is 16.6. The minimum atomic E-state index is -1.47. The Bertz CT molecular complexity index is 473. The molecule has 6 nitrogen and oxygen atoms in total. The Morgan fingerprint density at radius 1 is 0.933 bits per heavy atom. The summed E-state index contributed by atoms with van der Waals surface area (Å²) in [6.45, 7) is 0.163. The maximum Gasteiger partial charge on any atom is 0.305 e. The van der Waals surface area contributed by atoms with Crippen LogP contribution < -0.4 is 0 Å². The maximum atomic E-state index is 11.8. The van der Waals surface area contributed by atoms with E-state index in [0.717, 1.165) is 25.7 Å². The van der Waals surface area contributed by atoms with Crippen molar-refractivity contribution in [3.63, 3.8) is 0 Å². The molecule has 1 rings (SSSR count). The molecule has 3 atom stereocenters. The van der Waals surface area contributed by atoms with Gasteiger partial charge in [0.25, 0.3) is 0 Å². The fourth-order valence-electron chi connectivity index (χ4n) is 3.73. The van der Waals surface area contributed by atoms with E-state index in [0.29, 0.717) is 13.3 Å². The fourth-order valence-corrected chi connectivity index (χ4v) is 3.73. The summed E-state index contributed by atoms with van der Waals surface area (Å²) in [7, 11) is 0. The lowest BCUT2D eigenvalue weighted by Gasteiger charge is -2.30. The van der Waals surface area contributed by atoms with Crippen LogP contribution in [0, 0.1) is 0 Å². The predicted molar refractivity (Wildman–Crippen MR) is 117 cm³/mol. The highest BCUT2D eigenvalue weighted by Gasteiger charge is 2.37. The van der Waals surface area contributed by atoms with Gasteiger partial charge in [0.1, 0.15) is 31.5 Å². The Morgan fingerprint density at radius 3 is 1.97 bits per heavy atom. The molecular formula is C24H44O6. The Hall–Kier alpha value is -0.980. The number of hydrogen-bond donors (Lipinski definition) is 2. The molecule has 1 heterocycles. The molecule has 0 unspecified atom stereocenters. The zero-order valence-corrected chi connectivity index (χ0v) is 18.7. The zero-order chi connectivity index (χ0) is 22.7. The van der Waals surface area contributed by atoms with Crippen LogP contribution in [-0.2, 0) is 19.1 Å². The van der Waals surface area contributed by atoms with E-state index in [-0.39, 0.29) is 19.2 Å². The third-order valence-corrected chi connectivity index (χ3v) is 5.76. The summed E-state index contributed by atoms with van der Waals surface area (Å²) < 4.78 is 17.3. The Kier molecular flexibility index (Phi) is 14.9. The third-order valence-electron chi connectivity index (χ3n) is 5.76. The topological polar surface area (TPSA) is 93.1 Å². The second-order valence-electron chi connectivity index (χ2n) is 8.49. The van der Waals surface area contributed by atoms with Gasteiger partial charge in [-0.3, -0.25) is 9.59 Å². The lowest BCUT2D eigenvalue weighted by atomic mass is 10.0. The van der Waals surface area contributed by atoms with Crippen molar-refractivity contribution in [2.75, 3.05) is 13.2 Å². The molecule has 30 heavy (non-hydrogen) atoms. The van der Waals surface area contributed by atoms with Crippen molar-refractivity contribution in [3.8, 4) is 0 Å². The van der Waals surface area contributed by atoms with Crippen molar-refractivity contribution in [1.82, 2.24) is 0 Å². The molecule has 0 amide bonds. The van der Waals surface area contributed by atoms with Crippen LogP contribution in [0.4, 0.5) is 0 Å². The van der Waals surface area contributed by atoms with E-state index in [1.54, 1.807) is 0 Å². The number of carbonyl (C=O) groups is 2. The van der Waals surface area contributed by atoms with Gasteiger partial charge >= 0.3 is 5.97 Å². The van der Waals surface area contributed by atoms with Crippen molar-refractivity contribution < 1.29 is 30.6 Å². The molecule has 6 heteroatoms. The molecule has 0 saturated carbocycles. The number of aliphatic hydroxyl groups is 2. The molecule has 0 aromatic heterocycles. The number of ether oxygens (including phenoxy) is 2. The maximum absolute atomic E-state index is 11.8.